The summed E-state index contributed by atoms with van der Waals surface area (Å²) in [5.41, 5.74) is 11.9. The minimum absolute atomic E-state index is 0.00645. The number of methoxy groups -OCH3 is 1. The van der Waals surface area contributed by atoms with Gasteiger partial charge in [-0.05, 0) is 90.0 Å². The van der Waals surface area contributed by atoms with Gasteiger partial charge in [-0.3, -0.25) is 9.20 Å². The summed E-state index contributed by atoms with van der Waals surface area (Å²) in [6, 6.07) is 9.85. The molecule has 0 unspecified atom stereocenters. The quantitative estimate of drug-likeness (QED) is 0.292. The van der Waals surface area contributed by atoms with Gasteiger partial charge in [-0.2, -0.15) is 0 Å². The predicted molar refractivity (Wildman–Crippen MR) is 167 cm³/mol. The number of nitrogens with zero attached hydrogens (tertiary/aromatic N) is 5. The molecule has 4 aromatic heterocycles. The Hall–Kier alpha value is -4.12. The van der Waals surface area contributed by atoms with Crippen LogP contribution >= 0.6 is 0 Å². The third-order valence-electron chi connectivity index (χ3n) is 9.46. The van der Waals surface area contributed by atoms with Crippen molar-refractivity contribution in [2.75, 3.05) is 7.11 Å². The van der Waals surface area contributed by atoms with Gasteiger partial charge < -0.3 is 30.0 Å². The Kier molecular flexibility index (Phi) is 7.03. The van der Waals surface area contributed by atoms with Crippen molar-refractivity contribution in [2.24, 2.45) is 11.7 Å². The fourth-order valence-corrected chi connectivity index (χ4v) is 7.12. The summed E-state index contributed by atoms with van der Waals surface area (Å²) in [5, 5.41) is 3.89. The standard InChI is InChI=1S/C33H41N7O4/c1-17(2)44-33(42)35-18(3)25-10-8-21-12-27(38(31(21)36-25)16-20-6-7-20)30-19(4)39-28(37-30)13-22(14-29(39)43-5)32(41)40-23-9-11-26(40)24(34)15-23/h8,10,12-14,17-18,20,23-24,26H,6-7,9,11,15-16,34H2,1-5H3,(H,35,42)/t18-,23+,24-,26-/m1/s1. The average molecular weight is 600 g/mol. The topological polar surface area (TPSA) is 129 Å². The molecular formula is C33H41N7O4. The third kappa shape index (κ3) is 4.87. The van der Waals surface area contributed by atoms with Gasteiger partial charge in [0.05, 0.1) is 36.3 Å². The molecule has 6 heterocycles. The molecule has 1 aliphatic carbocycles. The van der Waals surface area contributed by atoms with E-state index in [0.717, 1.165) is 59.6 Å². The molecule has 2 aliphatic heterocycles. The number of ether oxygens (including phenoxy) is 2. The summed E-state index contributed by atoms with van der Waals surface area (Å²) in [6.07, 6.45) is 4.53. The Morgan fingerprint density at radius 3 is 2.55 bits per heavy atom. The van der Waals surface area contributed by atoms with Gasteiger partial charge >= 0.3 is 6.09 Å². The molecule has 3 N–H and O–H groups in total. The van der Waals surface area contributed by atoms with Gasteiger partial charge in [0, 0.05) is 41.7 Å². The fraction of sp³-hybridized carbons (Fsp3) is 0.515. The first-order valence-electron chi connectivity index (χ1n) is 15.8. The number of imidazole rings is 1. The Balaban J connectivity index is 1.28. The van der Waals surface area contributed by atoms with E-state index >= 15 is 0 Å². The molecule has 2 bridgehead atoms. The highest BCUT2D eigenvalue weighted by molar-refractivity contribution is 5.96. The maximum absolute atomic E-state index is 13.8. The van der Waals surface area contributed by atoms with E-state index < -0.39 is 6.09 Å². The van der Waals surface area contributed by atoms with Crippen LogP contribution in [0.25, 0.3) is 28.1 Å². The molecule has 3 aliphatic rings. The zero-order valence-electron chi connectivity index (χ0n) is 26.0. The summed E-state index contributed by atoms with van der Waals surface area (Å²) in [7, 11) is 1.62. The normalized spacial score (nSPS) is 21.9. The number of rotatable bonds is 8. The second-order valence-electron chi connectivity index (χ2n) is 13.0. The lowest BCUT2D eigenvalue weighted by atomic mass is 9.97. The van der Waals surface area contributed by atoms with Crippen LogP contribution in [0.3, 0.4) is 0 Å². The first-order valence-corrected chi connectivity index (χ1v) is 15.8. The van der Waals surface area contributed by atoms with Crippen molar-refractivity contribution >= 4 is 28.7 Å². The zero-order chi connectivity index (χ0) is 30.9. The monoisotopic (exact) mass is 599 g/mol. The summed E-state index contributed by atoms with van der Waals surface area (Å²) < 4.78 is 15.3. The maximum Gasteiger partial charge on any atom is 0.407 e. The molecule has 232 valence electrons. The molecule has 2 saturated heterocycles. The van der Waals surface area contributed by atoms with Gasteiger partial charge in [0.15, 0.2) is 5.88 Å². The van der Waals surface area contributed by atoms with Gasteiger partial charge in [0.2, 0.25) is 0 Å². The number of hydrogen-bond donors (Lipinski definition) is 2. The number of fused-ring (bicyclic) bond motifs is 4. The molecule has 11 nitrogen and oxygen atoms in total. The number of hydrogen-bond acceptors (Lipinski definition) is 7. The Bertz CT molecular complexity index is 1770. The number of nitrogens with one attached hydrogen (secondary N) is 1. The largest absolute Gasteiger partial charge is 0.482 e. The number of aryl methyl sites for hydroxylation is 1. The van der Waals surface area contributed by atoms with E-state index in [1.54, 1.807) is 7.11 Å². The Morgan fingerprint density at radius 2 is 1.89 bits per heavy atom. The smallest absolute Gasteiger partial charge is 0.407 e. The lowest BCUT2D eigenvalue weighted by Crippen LogP contribution is -2.40. The number of alkyl carbamates (subject to hydrolysis) is 1. The molecule has 7 rings (SSSR count). The van der Waals surface area contributed by atoms with E-state index in [4.69, 9.17) is 25.2 Å². The van der Waals surface area contributed by atoms with E-state index in [9.17, 15) is 9.59 Å². The summed E-state index contributed by atoms with van der Waals surface area (Å²) in [6.45, 7) is 8.41. The van der Waals surface area contributed by atoms with Gasteiger partial charge in [0.25, 0.3) is 5.91 Å². The minimum atomic E-state index is -0.462. The van der Waals surface area contributed by atoms with Crippen LogP contribution < -0.4 is 15.8 Å². The first-order chi connectivity index (χ1) is 21.1. The predicted octanol–water partition coefficient (Wildman–Crippen LogP) is 4.98. The van der Waals surface area contributed by atoms with Crippen LogP contribution in [0, 0.1) is 12.8 Å². The van der Waals surface area contributed by atoms with Crippen LogP contribution in [-0.4, -0.2) is 67.2 Å². The first kappa shape index (κ1) is 28.6. The molecular weight excluding hydrogens is 558 g/mol. The van der Waals surface area contributed by atoms with E-state index in [-0.39, 0.29) is 36.2 Å². The third-order valence-corrected chi connectivity index (χ3v) is 9.46. The van der Waals surface area contributed by atoms with Gasteiger partial charge in [-0.25, -0.2) is 14.8 Å². The van der Waals surface area contributed by atoms with Crippen LogP contribution in [0.5, 0.6) is 5.88 Å². The van der Waals surface area contributed by atoms with Crippen molar-refractivity contribution in [3.05, 3.63) is 47.3 Å². The Morgan fingerprint density at radius 1 is 1.09 bits per heavy atom. The lowest BCUT2D eigenvalue weighted by molar-refractivity contribution is 0.0725. The molecule has 2 amide bonds. The minimum Gasteiger partial charge on any atom is -0.482 e. The number of aromatic nitrogens is 4. The fourth-order valence-electron chi connectivity index (χ4n) is 7.12. The molecule has 0 spiro atoms. The van der Waals surface area contributed by atoms with Crippen molar-refractivity contribution < 1.29 is 19.1 Å². The average Bonchev–Trinajstić information content (AvgIpc) is 3.31. The van der Waals surface area contributed by atoms with Crippen molar-refractivity contribution in [1.29, 1.82) is 0 Å². The molecule has 3 fully saturated rings. The highest BCUT2D eigenvalue weighted by Crippen LogP contribution is 2.40. The number of carbonyl (C=O) groups is 2. The number of amides is 2. The van der Waals surface area contributed by atoms with Crippen molar-refractivity contribution in [1.82, 2.24) is 29.2 Å². The summed E-state index contributed by atoms with van der Waals surface area (Å²) in [5.74, 6) is 1.15. The van der Waals surface area contributed by atoms with Gasteiger partial charge in [-0.15, -0.1) is 0 Å². The van der Waals surface area contributed by atoms with Crippen LogP contribution in [0.2, 0.25) is 0 Å². The van der Waals surface area contributed by atoms with E-state index in [1.165, 1.54) is 12.8 Å². The molecule has 11 heteroatoms. The molecule has 0 radical (unpaired) electrons. The van der Waals surface area contributed by atoms with Crippen molar-refractivity contribution in [3.8, 4) is 17.3 Å². The van der Waals surface area contributed by atoms with Crippen molar-refractivity contribution in [3.63, 3.8) is 0 Å². The van der Waals surface area contributed by atoms with E-state index in [0.29, 0.717) is 23.0 Å². The zero-order valence-corrected chi connectivity index (χ0v) is 26.0. The van der Waals surface area contributed by atoms with Crippen LogP contribution in [0.15, 0.2) is 30.3 Å². The highest BCUT2D eigenvalue weighted by Gasteiger charge is 2.47. The second-order valence-corrected chi connectivity index (χ2v) is 13.0. The van der Waals surface area contributed by atoms with Gasteiger partial charge in [0.1, 0.15) is 17.0 Å². The number of carbonyl (C=O) groups excluding carboxylic acids is 2. The SMILES string of the molecule is COc1cc(C(=O)N2[C@H]3CC[C@@H]2[C@H](N)C3)cc2nc(-c3cc4ccc([C@@H](C)NC(=O)OC(C)C)nc4n3CC3CC3)c(C)n12. The molecule has 1 saturated carbocycles. The number of pyridine rings is 2. The maximum atomic E-state index is 13.8. The van der Waals surface area contributed by atoms with Crippen molar-refractivity contribution in [2.45, 2.75) is 96.6 Å². The van der Waals surface area contributed by atoms with E-state index in [2.05, 4.69) is 16.0 Å². The highest BCUT2D eigenvalue weighted by atomic mass is 16.6. The number of nitrogens with two attached hydrogens (primary N) is 1. The molecule has 4 atom stereocenters. The lowest BCUT2D eigenvalue weighted by Gasteiger charge is -2.23. The van der Waals surface area contributed by atoms with E-state index in [1.807, 2.05) is 61.3 Å². The summed E-state index contributed by atoms with van der Waals surface area (Å²) >= 11 is 0. The Labute approximate surface area is 256 Å². The molecule has 0 aromatic carbocycles. The molecule has 4 aromatic rings. The summed E-state index contributed by atoms with van der Waals surface area (Å²) in [4.78, 5) is 38.1. The van der Waals surface area contributed by atoms with Gasteiger partial charge in [-0.1, -0.05) is 0 Å². The van der Waals surface area contributed by atoms with Crippen LogP contribution in [0.4, 0.5) is 4.79 Å². The second kappa shape index (κ2) is 10.8. The van der Waals surface area contributed by atoms with Crippen LogP contribution in [-0.2, 0) is 11.3 Å². The van der Waals surface area contributed by atoms with Crippen LogP contribution in [0.1, 0.15) is 80.7 Å². The molecule has 44 heavy (non-hydrogen) atoms.